The zero-order chi connectivity index (χ0) is 19.9. The number of hydrogen-bond donors (Lipinski definition) is 0. The predicted molar refractivity (Wildman–Crippen MR) is 107 cm³/mol. The van der Waals surface area contributed by atoms with Gasteiger partial charge < -0.3 is 4.74 Å². The molecule has 2 aromatic carbocycles. The van der Waals surface area contributed by atoms with Crippen molar-refractivity contribution in [1.82, 2.24) is 0 Å². The smallest absolute Gasteiger partial charge is 0.343 e. The molecular formula is C24H26F2O2. The van der Waals surface area contributed by atoms with E-state index >= 15 is 0 Å². The number of halogens is 2. The molecule has 28 heavy (non-hydrogen) atoms. The number of hydrogen-bond acceptors (Lipinski definition) is 2. The molecule has 1 aliphatic carbocycles. The molecule has 0 unspecified atom stereocenters. The van der Waals surface area contributed by atoms with Gasteiger partial charge in [-0.1, -0.05) is 44.0 Å². The van der Waals surface area contributed by atoms with E-state index in [0.717, 1.165) is 17.6 Å². The highest BCUT2D eigenvalue weighted by Crippen LogP contribution is 2.36. The Balaban J connectivity index is 1.54. The van der Waals surface area contributed by atoms with Crippen molar-refractivity contribution in [2.75, 3.05) is 0 Å². The number of ether oxygens (including phenoxy) is 1. The summed E-state index contributed by atoms with van der Waals surface area (Å²) >= 11 is 0. The summed E-state index contributed by atoms with van der Waals surface area (Å²) in [6, 6.07) is 14.7. The van der Waals surface area contributed by atoms with Crippen LogP contribution in [-0.2, 0) is 6.42 Å². The van der Waals surface area contributed by atoms with Gasteiger partial charge in [-0.25, -0.2) is 4.79 Å². The Morgan fingerprint density at radius 2 is 1.64 bits per heavy atom. The van der Waals surface area contributed by atoms with Crippen LogP contribution in [0.5, 0.6) is 5.75 Å². The third kappa shape index (κ3) is 5.75. The van der Waals surface area contributed by atoms with Gasteiger partial charge in [-0.2, -0.15) is 8.78 Å². The fourth-order valence-electron chi connectivity index (χ4n) is 3.72. The van der Waals surface area contributed by atoms with E-state index in [1.807, 2.05) is 12.1 Å². The van der Waals surface area contributed by atoms with Crippen molar-refractivity contribution in [3.8, 4) is 5.75 Å². The van der Waals surface area contributed by atoms with E-state index in [0.29, 0.717) is 23.7 Å². The molecule has 0 heterocycles. The highest BCUT2D eigenvalue weighted by atomic mass is 19.3. The van der Waals surface area contributed by atoms with Gasteiger partial charge >= 0.3 is 5.97 Å². The van der Waals surface area contributed by atoms with E-state index in [2.05, 4.69) is 19.1 Å². The van der Waals surface area contributed by atoms with Crippen LogP contribution in [0, 0.1) is 5.92 Å². The number of carbonyl (C=O) groups excluding carboxylic acids is 1. The first-order valence-electron chi connectivity index (χ1n) is 9.93. The minimum atomic E-state index is -1.66. The maximum atomic E-state index is 12.3. The number of aryl methyl sites for hydroxylation is 1. The van der Waals surface area contributed by atoms with Crippen molar-refractivity contribution in [1.29, 1.82) is 0 Å². The highest BCUT2D eigenvalue weighted by Gasteiger charge is 2.19. The molecule has 2 aromatic rings. The van der Waals surface area contributed by atoms with Crippen molar-refractivity contribution >= 4 is 5.97 Å². The highest BCUT2D eigenvalue weighted by molar-refractivity contribution is 5.91. The van der Waals surface area contributed by atoms with E-state index in [1.54, 1.807) is 24.3 Å². The Bertz CT molecular complexity index is 798. The first-order chi connectivity index (χ1) is 13.5. The second-order valence-corrected chi connectivity index (χ2v) is 7.64. The second-order valence-electron chi connectivity index (χ2n) is 7.64. The largest absolute Gasteiger partial charge is 0.423 e. The molecule has 0 aliphatic heterocycles. The molecule has 0 saturated heterocycles. The summed E-state index contributed by atoms with van der Waals surface area (Å²) in [4.78, 5) is 12.3. The van der Waals surface area contributed by atoms with Gasteiger partial charge in [-0.15, -0.1) is 0 Å². The van der Waals surface area contributed by atoms with Crippen LogP contribution in [0.15, 0.2) is 60.7 Å². The van der Waals surface area contributed by atoms with Crippen LogP contribution in [-0.4, -0.2) is 5.97 Å². The molecule has 1 saturated carbocycles. The van der Waals surface area contributed by atoms with Gasteiger partial charge in [0, 0.05) is 0 Å². The first-order valence-corrected chi connectivity index (χ1v) is 9.93. The lowest BCUT2D eigenvalue weighted by Gasteiger charge is -2.26. The average molecular weight is 384 g/mol. The molecule has 0 aromatic heterocycles. The van der Waals surface area contributed by atoms with Crippen molar-refractivity contribution in [3.05, 3.63) is 77.4 Å². The van der Waals surface area contributed by atoms with Gasteiger partial charge in [-0.3, -0.25) is 0 Å². The van der Waals surface area contributed by atoms with E-state index in [9.17, 15) is 13.6 Å². The van der Waals surface area contributed by atoms with Gasteiger partial charge in [0.15, 0.2) is 0 Å². The summed E-state index contributed by atoms with van der Waals surface area (Å²) in [7, 11) is 0. The predicted octanol–water partition coefficient (Wildman–Crippen LogP) is 6.91. The maximum Gasteiger partial charge on any atom is 0.343 e. The van der Waals surface area contributed by atoms with Crippen LogP contribution < -0.4 is 4.74 Å². The Kier molecular flexibility index (Phi) is 6.96. The second kappa shape index (κ2) is 9.63. The maximum absolute atomic E-state index is 12.3. The normalized spacial score (nSPS) is 19.1. The number of esters is 1. The van der Waals surface area contributed by atoms with Gasteiger partial charge in [0.1, 0.15) is 5.75 Å². The lowest BCUT2D eigenvalue weighted by atomic mass is 9.79. The summed E-state index contributed by atoms with van der Waals surface area (Å²) in [5.41, 5.74) is 2.66. The molecule has 1 fully saturated rings. The molecule has 1 aliphatic rings. The fraction of sp³-hybridized carbons (Fsp3) is 0.375. The van der Waals surface area contributed by atoms with E-state index in [4.69, 9.17) is 4.74 Å². The molecule has 0 N–H and O–H groups in total. The minimum absolute atomic E-state index is 0.276. The first kappa shape index (κ1) is 20.2. The summed E-state index contributed by atoms with van der Waals surface area (Å²) in [6.45, 7) is 2.31. The fourth-order valence-corrected chi connectivity index (χ4v) is 3.72. The van der Waals surface area contributed by atoms with Crippen molar-refractivity contribution < 1.29 is 18.3 Å². The molecular weight excluding hydrogens is 358 g/mol. The number of benzene rings is 2. The van der Waals surface area contributed by atoms with E-state index in [-0.39, 0.29) is 6.42 Å². The average Bonchev–Trinajstić information content (AvgIpc) is 2.69. The molecule has 0 atom stereocenters. The van der Waals surface area contributed by atoms with Gasteiger partial charge in [-0.05, 0) is 79.0 Å². The number of rotatable bonds is 6. The van der Waals surface area contributed by atoms with Crippen LogP contribution in [0.3, 0.4) is 0 Å². The lowest BCUT2D eigenvalue weighted by molar-refractivity contribution is 0.0734. The van der Waals surface area contributed by atoms with Crippen LogP contribution in [0.25, 0.3) is 0 Å². The van der Waals surface area contributed by atoms with Crippen molar-refractivity contribution in [3.63, 3.8) is 0 Å². The SMILES string of the molecule is CC1CCC(c2ccc(OC(=O)c3ccc(CCC=C(F)F)cc3)cc2)CC1. The molecule has 148 valence electrons. The number of allylic oxidation sites excluding steroid dienone is 1. The summed E-state index contributed by atoms with van der Waals surface area (Å²) < 4.78 is 29.6. The third-order valence-corrected chi connectivity index (χ3v) is 5.50. The van der Waals surface area contributed by atoms with Crippen LogP contribution in [0.2, 0.25) is 0 Å². The molecule has 4 heteroatoms. The van der Waals surface area contributed by atoms with Crippen molar-refractivity contribution in [2.45, 2.75) is 51.4 Å². The van der Waals surface area contributed by atoms with Crippen LogP contribution >= 0.6 is 0 Å². The van der Waals surface area contributed by atoms with Gasteiger partial charge in [0.25, 0.3) is 6.08 Å². The molecule has 0 bridgehead atoms. The summed E-state index contributed by atoms with van der Waals surface area (Å²) in [5, 5.41) is 0. The lowest BCUT2D eigenvalue weighted by Crippen LogP contribution is -2.11. The zero-order valence-corrected chi connectivity index (χ0v) is 16.2. The Labute approximate surface area is 165 Å². The Hall–Kier alpha value is -2.49. The summed E-state index contributed by atoms with van der Waals surface area (Å²) in [6.07, 6.45) is 5.02. The third-order valence-electron chi connectivity index (χ3n) is 5.50. The van der Waals surface area contributed by atoms with E-state index in [1.165, 1.54) is 31.2 Å². The Morgan fingerprint density at radius 3 is 2.25 bits per heavy atom. The topological polar surface area (TPSA) is 26.3 Å². The quantitative estimate of drug-likeness (QED) is 0.399. The summed E-state index contributed by atoms with van der Waals surface area (Å²) in [5.74, 6) is 1.55. The minimum Gasteiger partial charge on any atom is -0.423 e. The Morgan fingerprint density at radius 1 is 1.00 bits per heavy atom. The molecule has 0 spiro atoms. The van der Waals surface area contributed by atoms with Crippen molar-refractivity contribution in [2.24, 2.45) is 5.92 Å². The van der Waals surface area contributed by atoms with E-state index < -0.39 is 12.0 Å². The van der Waals surface area contributed by atoms with Crippen LogP contribution in [0.1, 0.15) is 66.4 Å². The molecule has 0 radical (unpaired) electrons. The van der Waals surface area contributed by atoms with Crippen LogP contribution in [0.4, 0.5) is 8.78 Å². The molecule has 2 nitrogen and oxygen atoms in total. The van der Waals surface area contributed by atoms with Gasteiger partial charge in [0.2, 0.25) is 0 Å². The zero-order valence-electron chi connectivity index (χ0n) is 16.2. The molecule has 3 rings (SSSR count). The monoisotopic (exact) mass is 384 g/mol. The number of carbonyl (C=O) groups is 1. The van der Waals surface area contributed by atoms with Gasteiger partial charge in [0.05, 0.1) is 5.56 Å². The molecule has 0 amide bonds. The standard InChI is InChI=1S/C24H26F2O2/c1-17-5-9-19(10-6-17)20-13-15-22(16-14-20)28-24(27)21-11-7-18(8-12-21)3-2-4-23(25)26/h4,7-8,11-17,19H,2-3,5-6,9-10H2,1H3.